The first-order chi connectivity index (χ1) is 8.67. The van der Waals surface area contributed by atoms with Crippen LogP contribution in [0, 0.1) is 19.8 Å². The number of nitrogens with one attached hydrogen (secondary N) is 1. The lowest BCUT2D eigenvalue weighted by molar-refractivity contribution is 0.430. The highest BCUT2D eigenvalue weighted by atomic mass is 35.5. The normalized spacial score (nSPS) is 12.7. The minimum absolute atomic E-state index is 0.721. The summed E-state index contributed by atoms with van der Waals surface area (Å²) in [5.41, 5.74) is 4.11. The fourth-order valence-corrected chi connectivity index (χ4v) is 2.55. The van der Waals surface area contributed by atoms with Crippen molar-refractivity contribution in [3.05, 3.63) is 34.9 Å². The number of hydrogen-bond donors (Lipinski definition) is 1. The molecule has 0 saturated carbocycles. The van der Waals surface area contributed by atoms with Crippen LogP contribution in [-0.4, -0.2) is 12.4 Å². The fourth-order valence-electron chi connectivity index (χ4n) is 2.25. The van der Waals surface area contributed by atoms with Crippen LogP contribution in [0.15, 0.2) is 18.2 Å². The zero-order valence-corrected chi connectivity index (χ0v) is 12.7. The predicted molar refractivity (Wildman–Crippen MR) is 81.4 cm³/mol. The van der Waals surface area contributed by atoms with Gasteiger partial charge < -0.3 is 5.32 Å². The third-order valence-electron chi connectivity index (χ3n) is 3.55. The van der Waals surface area contributed by atoms with E-state index in [2.05, 4.69) is 44.3 Å². The summed E-state index contributed by atoms with van der Waals surface area (Å²) in [5.74, 6) is 1.50. The van der Waals surface area contributed by atoms with Crippen molar-refractivity contribution in [1.29, 1.82) is 0 Å². The third-order valence-corrected chi connectivity index (χ3v) is 3.77. The minimum Gasteiger partial charge on any atom is -0.312 e. The van der Waals surface area contributed by atoms with Gasteiger partial charge in [0.15, 0.2) is 0 Å². The Morgan fingerprint density at radius 1 is 1.17 bits per heavy atom. The molecule has 1 atom stereocenters. The van der Waals surface area contributed by atoms with E-state index < -0.39 is 0 Å². The molecule has 1 unspecified atom stereocenters. The monoisotopic (exact) mass is 267 g/mol. The van der Waals surface area contributed by atoms with Gasteiger partial charge in [-0.25, -0.2) is 0 Å². The molecule has 0 heterocycles. The SMILES string of the molecule is CCCC(CCCl)CNCc1ccc(C)c(C)c1. The predicted octanol–water partition coefficient (Wildman–Crippen LogP) is 4.44. The number of aryl methyl sites for hydroxylation is 2. The van der Waals surface area contributed by atoms with Gasteiger partial charge in [0.05, 0.1) is 0 Å². The third kappa shape index (κ3) is 5.41. The Morgan fingerprint density at radius 2 is 1.94 bits per heavy atom. The summed E-state index contributed by atoms with van der Waals surface area (Å²) in [6.07, 6.45) is 3.63. The molecule has 1 nitrogen and oxygen atoms in total. The number of halogens is 1. The Labute approximate surface area is 117 Å². The molecule has 1 rings (SSSR count). The molecule has 102 valence electrons. The summed E-state index contributed by atoms with van der Waals surface area (Å²) < 4.78 is 0. The number of hydrogen-bond acceptors (Lipinski definition) is 1. The van der Waals surface area contributed by atoms with Crippen molar-refractivity contribution in [2.75, 3.05) is 12.4 Å². The molecule has 18 heavy (non-hydrogen) atoms. The van der Waals surface area contributed by atoms with Gasteiger partial charge >= 0.3 is 0 Å². The van der Waals surface area contributed by atoms with Gasteiger partial charge in [0, 0.05) is 12.4 Å². The van der Waals surface area contributed by atoms with E-state index in [0.29, 0.717) is 0 Å². The van der Waals surface area contributed by atoms with Crippen molar-refractivity contribution in [3.63, 3.8) is 0 Å². The molecule has 0 saturated heterocycles. The van der Waals surface area contributed by atoms with Crippen LogP contribution in [0.3, 0.4) is 0 Å². The second kappa shape index (κ2) is 8.55. The molecule has 2 heteroatoms. The Morgan fingerprint density at radius 3 is 2.56 bits per heavy atom. The summed E-state index contributed by atoms with van der Waals surface area (Å²) in [6, 6.07) is 6.69. The smallest absolute Gasteiger partial charge is 0.0226 e. The Balaban J connectivity index is 2.37. The van der Waals surface area contributed by atoms with Crippen molar-refractivity contribution in [2.45, 2.75) is 46.6 Å². The molecule has 1 aromatic carbocycles. The van der Waals surface area contributed by atoms with Gasteiger partial charge in [-0.2, -0.15) is 0 Å². The van der Waals surface area contributed by atoms with Gasteiger partial charge in [-0.15, -0.1) is 11.6 Å². The van der Waals surface area contributed by atoms with E-state index in [4.69, 9.17) is 11.6 Å². The van der Waals surface area contributed by atoms with E-state index in [-0.39, 0.29) is 0 Å². The molecule has 0 aliphatic rings. The number of alkyl halides is 1. The molecule has 0 bridgehead atoms. The molecule has 1 aromatic rings. The van der Waals surface area contributed by atoms with Crippen LogP contribution in [0.4, 0.5) is 0 Å². The second-order valence-corrected chi connectivity index (χ2v) is 5.56. The molecule has 0 spiro atoms. The molecule has 0 aliphatic heterocycles. The Kier molecular flexibility index (Phi) is 7.38. The maximum atomic E-state index is 5.84. The van der Waals surface area contributed by atoms with Crippen LogP contribution in [0.25, 0.3) is 0 Å². The van der Waals surface area contributed by atoms with Crippen LogP contribution in [0.5, 0.6) is 0 Å². The zero-order valence-electron chi connectivity index (χ0n) is 11.9. The van der Waals surface area contributed by atoms with Gasteiger partial charge in [0.2, 0.25) is 0 Å². The van der Waals surface area contributed by atoms with Crippen molar-refractivity contribution < 1.29 is 0 Å². The van der Waals surface area contributed by atoms with Crippen LogP contribution in [0.2, 0.25) is 0 Å². The summed E-state index contributed by atoms with van der Waals surface area (Å²) >= 11 is 5.84. The molecule has 0 fully saturated rings. The molecular weight excluding hydrogens is 242 g/mol. The largest absolute Gasteiger partial charge is 0.312 e. The van der Waals surface area contributed by atoms with Crippen molar-refractivity contribution in [1.82, 2.24) is 5.32 Å². The number of rotatable bonds is 8. The Hall–Kier alpha value is -0.530. The molecule has 0 aromatic heterocycles. The van der Waals surface area contributed by atoms with Crippen LogP contribution >= 0.6 is 11.6 Å². The lowest BCUT2D eigenvalue weighted by Gasteiger charge is -2.16. The van der Waals surface area contributed by atoms with Gasteiger partial charge in [-0.3, -0.25) is 0 Å². The Bertz CT molecular complexity index is 343. The highest BCUT2D eigenvalue weighted by Crippen LogP contribution is 2.12. The van der Waals surface area contributed by atoms with Crippen LogP contribution in [0.1, 0.15) is 42.9 Å². The van der Waals surface area contributed by atoms with Crippen molar-refractivity contribution in [2.24, 2.45) is 5.92 Å². The van der Waals surface area contributed by atoms with E-state index in [1.807, 2.05) is 0 Å². The summed E-state index contributed by atoms with van der Waals surface area (Å²) in [7, 11) is 0. The second-order valence-electron chi connectivity index (χ2n) is 5.18. The summed E-state index contributed by atoms with van der Waals surface area (Å²) in [4.78, 5) is 0. The van der Waals surface area contributed by atoms with Gasteiger partial charge in [0.1, 0.15) is 0 Å². The zero-order chi connectivity index (χ0) is 13.4. The molecule has 0 amide bonds. The standard InChI is InChI=1S/C16H26ClN/c1-4-5-15(8-9-17)11-18-12-16-7-6-13(2)14(3)10-16/h6-7,10,15,18H,4-5,8-9,11-12H2,1-3H3. The molecule has 0 aliphatic carbocycles. The van der Waals surface area contributed by atoms with E-state index in [9.17, 15) is 0 Å². The van der Waals surface area contributed by atoms with Crippen molar-refractivity contribution >= 4 is 11.6 Å². The van der Waals surface area contributed by atoms with Gasteiger partial charge in [0.25, 0.3) is 0 Å². The lowest BCUT2D eigenvalue weighted by atomic mass is 10.0. The minimum atomic E-state index is 0.721. The van der Waals surface area contributed by atoms with Crippen LogP contribution in [-0.2, 0) is 6.54 Å². The van der Waals surface area contributed by atoms with Gasteiger partial charge in [-0.05, 0) is 55.8 Å². The average molecular weight is 268 g/mol. The quantitative estimate of drug-likeness (QED) is 0.687. The first kappa shape index (κ1) is 15.5. The summed E-state index contributed by atoms with van der Waals surface area (Å²) in [6.45, 7) is 8.61. The maximum Gasteiger partial charge on any atom is 0.0226 e. The molecular formula is C16H26ClN. The van der Waals surface area contributed by atoms with E-state index >= 15 is 0 Å². The highest BCUT2D eigenvalue weighted by molar-refractivity contribution is 6.17. The van der Waals surface area contributed by atoms with E-state index in [0.717, 1.165) is 31.3 Å². The lowest BCUT2D eigenvalue weighted by Crippen LogP contribution is -2.23. The van der Waals surface area contributed by atoms with Crippen LogP contribution < -0.4 is 5.32 Å². The van der Waals surface area contributed by atoms with E-state index in [1.54, 1.807) is 0 Å². The average Bonchev–Trinajstić information content (AvgIpc) is 2.34. The highest BCUT2D eigenvalue weighted by Gasteiger charge is 2.06. The molecule has 1 N–H and O–H groups in total. The first-order valence-corrected chi connectivity index (χ1v) is 7.53. The van der Waals surface area contributed by atoms with E-state index in [1.165, 1.54) is 29.5 Å². The van der Waals surface area contributed by atoms with Crippen molar-refractivity contribution in [3.8, 4) is 0 Å². The summed E-state index contributed by atoms with van der Waals surface area (Å²) in [5, 5.41) is 3.56. The topological polar surface area (TPSA) is 12.0 Å². The number of benzene rings is 1. The maximum absolute atomic E-state index is 5.84. The molecule has 0 radical (unpaired) electrons. The first-order valence-electron chi connectivity index (χ1n) is 7.00. The fraction of sp³-hybridized carbons (Fsp3) is 0.625. The van der Waals surface area contributed by atoms with Gasteiger partial charge in [-0.1, -0.05) is 31.5 Å².